The van der Waals surface area contributed by atoms with E-state index in [1.165, 1.54) is 12.1 Å². The monoisotopic (exact) mass is 277 g/mol. The molecule has 100 valence electrons. The fraction of sp³-hybridized carbons (Fsp3) is 0.250. The summed E-state index contributed by atoms with van der Waals surface area (Å²) >= 11 is 6.26. The minimum absolute atomic E-state index is 0.100. The molecule has 19 heavy (non-hydrogen) atoms. The van der Waals surface area contributed by atoms with Gasteiger partial charge >= 0.3 is 0 Å². The van der Waals surface area contributed by atoms with Gasteiger partial charge in [0, 0.05) is 11.1 Å². The Hall–Kier alpha value is -1.38. The smallest absolute Gasteiger partial charge is 0.123 e. The van der Waals surface area contributed by atoms with E-state index in [4.69, 9.17) is 17.3 Å². The van der Waals surface area contributed by atoms with E-state index in [0.717, 1.165) is 27.8 Å². The first-order chi connectivity index (χ1) is 8.90. The lowest BCUT2D eigenvalue weighted by Crippen LogP contribution is -2.05. The van der Waals surface area contributed by atoms with Gasteiger partial charge in [-0.25, -0.2) is 4.39 Å². The molecule has 3 heteroatoms. The Morgan fingerprint density at radius 2 is 1.68 bits per heavy atom. The van der Waals surface area contributed by atoms with E-state index in [2.05, 4.69) is 0 Å². The maximum atomic E-state index is 13.3. The summed E-state index contributed by atoms with van der Waals surface area (Å²) in [6.07, 6.45) is 0. The second-order valence-corrected chi connectivity index (χ2v) is 5.35. The summed E-state index contributed by atoms with van der Waals surface area (Å²) in [4.78, 5) is 0. The molecule has 2 rings (SSSR count). The van der Waals surface area contributed by atoms with Crippen molar-refractivity contribution in [2.45, 2.75) is 26.8 Å². The van der Waals surface area contributed by atoms with E-state index in [-0.39, 0.29) is 11.9 Å². The quantitative estimate of drug-likeness (QED) is 0.840. The Bertz CT molecular complexity index is 597. The van der Waals surface area contributed by atoms with Crippen molar-refractivity contribution < 1.29 is 4.39 Å². The van der Waals surface area contributed by atoms with Gasteiger partial charge in [0.2, 0.25) is 0 Å². The predicted octanol–water partition coefficient (Wildman–Crippen LogP) is 4.78. The summed E-state index contributed by atoms with van der Waals surface area (Å²) in [5.74, 6) is -0.211. The molecule has 0 saturated carbocycles. The molecule has 0 aromatic heterocycles. The molecule has 0 saturated heterocycles. The van der Waals surface area contributed by atoms with E-state index in [1.807, 2.05) is 39.0 Å². The molecule has 0 aliphatic carbocycles. The van der Waals surface area contributed by atoms with Gasteiger partial charge in [-0.2, -0.15) is 0 Å². The molecule has 2 aromatic rings. The molecule has 1 atom stereocenters. The van der Waals surface area contributed by atoms with Gasteiger partial charge in [-0.05, 0) is 66.8 Å². The summed E-state index contributed by atoms with van der Waals surface area (Å²) in [6, 6.07) is 8.79. The van der Waals surface area contributed by atoms with Crippen molar-refractivity contribution in [2.75, 3.05) is 0 Å². The van der Waals surface area contributed by atoms with Crippen LogP contribution in [0.25, 0.3) is 11.1 Å². The number of hydrogen-bond donors (Lipinski definition) is 1. The summed E-state index contributed by atoms with van der Waals surface area (Å²) in [6.45, 7) is 5.70. The maximum Gasteiger partial charge on any atom is 0.123 e. The predicted molar refractivity (Wildman–Crippen MR) is 78.9 cm³/mol. The van der Waals surface area contributed by atoms with Crippen LogP contribution in [-0.2, 0) is 0 Å². The molecule has 2 aromatic carbocycles. The molecule has 0 heterocycles. The standard InChI is InChI=1S/C16H17ClFN/c1-9-6-13(18)7-10(2)16(9)12-4-5-14(11(3)19)15(17)8-12/h4-8,11H,19H2,1-3H3. The molecular formula is C16H17ClFN. The number of nitrogens with two attached hydrogens (primary N) is 1. The van der Waals surface area contributed by atoms with E-state index in [0.29, 0.717) is 5.02 Å². The minimum atomic E-state index is -0.211. The zero-order valence-corrected chi connectivity index (χ0v) is 12.1. The van der Waals surface area contributed by atoms with E-state index >= 15 is 0 Å². The Morgan fingerprint density at radius 1 is 1.11 bits per heavy atom. The van der Waals surface area contributed by atoms with E-state index in [1.54, 1.807) is 0 Å². The molecule has 0 bridgehead atoms. The molecule has 0 aliphatic rings. The highest BCUT2D eigenvalue weighted by molar-refractivity contribution is 6.31. The zero-order chi connectivity index (χ0) is 14.2. The van der Waals surface area contributed by atoms with E-state index in [9.17, 15) is 4.39 Å². The van der Waals surface area contributed by atoms with E-state index < -0.39 is 0 Å². The number of hydrogen-bond acceptors (Lipinski definition) is 1. The van der Waals surface area contributed by atoms with Gasteiger partial charge < -0.3 is 5.73 Å². The van der Waals surface area contributed by atoms with Crippen molar-refractivity contribution >= 4 is 11.6 Å². The number of rotatable bonds is 2. The Labute approximate surface area is 118 Å². The molecule has 0 radical (unpaired) electrons. The summed E-state index contributed by atoms with van der Waals surface area (Å²) in [5.41, 5.74) is 10.6. The van der Waals surface area contributed by atoms with Crippen LogP contribution in [0.5, 0.6) is 0 Å². The normalized spacial score (nSPS) is 12.5. The van der Waals surface area contributed by atoms with Crippen LogP contribution >= 0.6 is 11.6 Å². The van der Waals surface area contributed by atoms with Crippen molar-refractivity contribution in [1.29, 1.82) is 0 Å². The van der Waals surface area contributed by atoms with Crippen molar-refractivity contribution in [1.82, 2.24) is 0 Å². The molecule has 0 fully saturated rings. The molecule has 0 aliphatic heterocycles. The second-order valence-electron chi connectivity index (χ2n) is 4.94. The van der Waals surface area contributed by atoms with Crippen LogP contribution in [0.15, 0.2) is 30.3 Å². The van der Waals surface area contributed by atoms with Crippen molar-refractivity contribution in [3.8, 4) is 11.1 Å². The van der Waals surface area contributed by atoms with Crippen LogP contribution in [0.2, 0.25) is 5.02 Å². The van der Waals surface area contributed by atoms with Gasteiger partial charge in [0.1, 0.15) is 5.82 Å². The van der Waals surface area contributed by atoms with Gasteiger partial charge in [0.05, 0.1) is 0 Å². The highest BCUT2D eigenvalue weighted by atomic mass is 35.5. The summed E-state index contributed by atoms with van der Waals surface area (Å²) < 4.78 is 13.3. The van der Waals surface area contributed by atoms with Gasteiger partial charge in [0.25, 0.3) is 0 Å². The SMILES string of the molecule is Cc1cc(F)cc(C)c1-c1ccc(C(C)N)c(Cl)c1. The van der Waals surface area contributed by atoms with Crippen molar-refractivity contribution in [2.24, 2.45) is 5.73 Å². The lowest BCUT2D eigenvalue weighted by atomic mass is 9.94. The largest absolute Gasteiger partial charge is 0.324 e. The average Bonchev–Trinajstić information content (AvgIpc) is 2.26. The lowest BCUT2D eigenvalue weighted by Gasteiger charge is -2.14. The van der Waals surface area contributed by atoms with Crippen molar-refractivity contribution in [3.05, 3.63) is 57.9 Å². The summed E-state index contributed by atoms with van der Waals surface area (Å²) in [5, 5.41) is 0.649. The molecule has 1 nitrogen and oxygen atoms in total. The number of aryl methyl sites for hydroxylation is 2. The second kappa shape index (κ2) is 5.32. The zero-order valence-electron chi connectivity index (χ0n) is 11.3. The topological polar surface area (TPSA) is 26.0 Å². The Morgan fingerprint density at radius 3 is 2.16 bits per heavy atom. The molecule has 1 unspecified atom stereocenters. The minimum Gasteiger partial charge on any atom is -0.324 e. The first-order valence-corrected chi connectivity index (χ1v) is 6.60. The first-order valence-electron chi connectivity index (χ1n) is 6.22. The van der Waals surface area contributed by atoms with Crippen molar-refractivity contribution in [3.63, 3.8) is 0 Å². The Kier molecular flexibility index (Phi) is 3.93. The van der Waals surface area contributed by atoms with Crippen LogP contribution in [0.1, 0.15) is 29.7 Å². The van der Waals surface area contributed by atoms with Gasteiger partial charge in [-0.1, -0.05) is 23.7 Å². The van der Waals surface area contributed by atoms with Gasteiger partial charge in [-0.15, -0.1) is 0 Å². The first kappa shape index (κ1) is 14.0. The Balaban J connectivity index is 2.57. The third-order valence-electron chi connectivity index (χ3n) is 3.28. The highest BCUT2D eigenvalue weighted by Crippen LogP contribution is 2.32. The summed E-state index contributed by atoms with van der Waals surface area (Å²) in [7, 11) is 0. The molecular weight excluding hydrogens is 261 g/mol. The van der Waals surface area contributed by atoms with Crippen LogP contribution in [0.3, 0.4) is 0 Å². The third-order valence-corrected chi connectivity index (χ3v) is 3.60. The van der Waals surface area contributed by atoms with Crippen LogP contribution in [-0.4, -0.2) is 0 Å². The molecule has 0 amide bonds. The van der Waals surface area contributed by atoms with Gasteiger partial charge in [0.15, 0.2) is 0 Å². The molecule has 2 N–H and O–H groups in total. The van der Waals surface area contributed by atoms with Gasteiger partial charge in [-0.3, -0.25) is 0 Å². The van der Waals surface area contributed by atoms with Crippen LogP contribution in [0.4, 0.5) is 4.39 Å². The number of benzene rings is 2. The number of halogens is 2. The van der Waals surface area contributed by atoms with Crippen LogP contribution in [0, 0.1) is 19.7 Å². The lowest BCUT2D eigenvalue weighted by molar-refractivity contribution is 0.625. The third kappa shape index (κ3) is 2.80. The average molecular weight is 278 g/mol. The fourth-order valence-corrected chi connectivity index (χ4v) is 2.77. The molecule has 0 spiro atoms. The highest BCUT2D eigenvalue weighted by Gasteiger charge is 2.11. The fourth-order valence-electron chi connectivity index (χ4n) is 2.42. The maximum absolute atomic E-state index is 13.3. The van der Waals surface area contributed by atoms with Crippen LogP contribution < -0.4 is 5.73 Å².